The number of carbonyl (C=O) groups excluding carboxylic acids is 1. The van der Waals surface area contributed by atoms with Crippen molar-refractivity contribution in [2.75, 3.05) is 13.6 Å². The lowest BCUT2D eigenvalue weighted by Gasteiger charge is -2.20. The van der Waals surface area contributed by atoms with Crippen molar-refractivity contribution in [1.82, 2.24) is 29.9 Å². The third kappa shape index (κ3) is 4.81. The van der Waals surface area contributed by atoms with E-state index in [4.69, 9.17) is 4.52 Å². The predicted octanol–water partition coefficient (Wildman–Crippen LogP) is 2.18. The lowest BCUT2D eigenvalue weighted by molar-refractivity contribution is 0.200. The van der Waals surface area contributed by atoms with Crippen LogP contribution in [0.3, 0.4) is 0 Å². The molecule has 1 atom stereocenters. The predicted molar refractivity (Wildman–Crippen MR) is 89.4 cm³/mol. The minimum Gasteiger partial charge on any atom is -0.337 e. The van der Waals surface area contributed by atoms with Crippen molar-refractivity contribution in [2.45, 2.75) is 46.7 Å². The second-order valence-electron chi connectivity index (χ2n) is 6.41. The van der Waals surface area contributed by atoms with Gasteiger partial charge in [0.05, 0.1) is 0 Å². The molecule has 8 heteroatoms. The van der Waals surface area contributed by atoms with Crippen LogP contribution in [0.15, 0.2) is 16.9 Å². The zero-order chi connectivity index (χ0) is 17.7. The Morgan fingerprint density at radius 2 is 2.17 bits per heavy atom. The highest BCUT2D eigenvalue weighted by atomic mass is 16.5. The molecule has 0 aliphatic rings. The fraction of sp³-hybridized carbons (Fsp3) is 0.625. The van der Waals surface area contributed by atoms with E-state index >= 15 is 0 Å². The fourth-order valence-electron chi connectivity index (χ4n) is 2.25. The molecule has 0 aliphatic carbocycles. The monoisotopic (exact) mass is 334 g/mol. The summed E-state index contributed by atoms with van der Waals surface area (Å²) in [6, 6.07) is -0.507. The van der Waals surface area contributed by atoms with Gasteiger partial charge in [-0.1, -0.05) is 19.0 Å². The van der Waals surface area contributed by atoms with Gasteiger partial charge in [0.1, 0.15) is 11.9 Å². The second-order valence-corrected chi connectivity index (χ2v) is 6.41. The highest BCUT2D eigenvalue weighted by Crippen LogP contribution is 2.12. The number of urea groups is 1. The van der Waals surface area contributed by atoms with Crippen LogP contribution in [0.25, 0.3) is 0 Å². The molecule has 24 heavy (non-hydrogen) atoms. The van der Waals surface area contributed by atoms with Crippen LogP contribution in [0.4, 0.5) is 4.79 Å². The Kier molecular flexibility index (Phi) is 5.94. The highest BCUT2D eigenvalue weighted by Gasteiger charge is 2.19. The van der Waals surface area contributed by atoms with E-state index in [0.717, 1.165) is 12.2 Å². The van der Waals surface area contributed by atoms with E-state index < -0.39 is 0 Å². The average molecular weight is 334 g/mol. The molecule has 0 fully saturated rings. The van der Waals surface area contributed by atoms with Gasteiger partial charge in [0.15, 0.2) is 5.82 Å². The topological polar surface area (TPSA) is 89.1 Å². The van der Waals surface area contributed by atoms with Crippen molar-refractivity contribution >= 4 is 6.03 Å². The molecule has 1 unspecified atom stereocenters. The van der Waals surface area contributed by atoms with Gasteiger partial charge < -0.3 is 19.3 Å². The smallest absolute Gasteiger partial charge is 0.317 e. The number of aryl methyl sites for hydroxylation is 1. The Labute approximate surface area is 142 Å². The van der Waals surface area contributed by atoms with E-state index in [0.29, 0.717) is 30.7 Å². The van der Waals surface area contributed by atoms with Crippen LogP contribution in [0.5, 0.6) is 0 Å². The summed E-state index contributed by atoms with van der Waals surface area (Å²) < 4.78 is 7.24. The molecule has 0 spiro atoms. The number of nitrogens with zero attached hydrogens (tertiary/aromatic N) is 5. The summed E-state index contributed by atoms with van der Waals surface area (Å²) in [7, 11) is 1.76. The van der Waals surface area contributed by atoms with Gasteiger partial charge in [-0.2, -0.15) is 4.98 Å². The molecule has 132 valence electrons. The Morgan fingerprint density at radius 1 is 1.42 bits per heavy atom. The second kappa shape index (κ2) is 7.94. The molecule has 2 rings (SSSR count). The lowest BCUT2D eigenvalue weighted by atomic mass is 10.1. The molecule has 2 aromatic rings. The van der Waals surface area contributed by atoms with Gasteiger partial charge in [-0.15, -0.1) is 0 Å². The molecule has 2 heterocycles. The number of nitrogens with one attached hydrogen (secondary N) is 1. The Morgan fingerprint density at radius 3 is 2.79 bits per heavy atom. The van der Waals surface area contributed by atoms with Crippen LogP contribution in [-0.2, 0) is 13.0 Å². The number of aromatic nitrogens is 4. The van der Waals surface area contributed by atoms with Crippen molar-refractivity contribution < 1.29 is 9.32 Å². The number of amides is 2. The standard InChI is InChI=1S/C16H26N6O2/c1-11(2)10-14-19-15(24-20-14)12(3)18-16(23)21(5)8-9-22-7-6-17-13(22)4/h6-7,11-12H,8-10H2,1-5H3,(H,18,23). The first-order chi connectivity index (χ1) is 11.4. The van der Waals surface area contributed by atoms with Crippen LogP contribution in [0, 0.1) is 12.8 Å². The number of carbonyl (C=O) groups is 1. The van der Waals surface area contributed by atoms with Crippen molar-refractivity contribution in [1.29, 1.82) is 0 Å². The summed E-state index contributed by atoms with van der Waals surface area (Å²) in [5.74, 6) is 2.49. The molecule has 2 aromatic heterocycles. The van der Waals surface area contributed by atoms with Crippen molar-refractivity contribution in [3.8, 4) is 0 Å². The van der Waals surface area contributed by atoms with Crippen LogP contribution < -0.4 is 5.32 Å². The van der Waals surface area contributed by atoms with Gasteiger partial charge in [0.2, 0.25) is 5.89 Å². The zero-order valence-electron chi connectivity index (χ0n) is 15.0. The number of hydrogen-bond donors (Lipinski definition) is 1. The normalized spacial score (nSPS) is 12.4. The third-order valence-electron chi connectivity index (χ3n) is 3.73. The molecule has 0 radical (unpaired) electrons. The molecule has 0 bridgehead atoms. The summed E-state index contributed by atoms with van der Waals surface area (Å²) >= 11 is 0. The molecule has 0 saturated carbocycles. The minimum absolute atomic E-state index is 0.177. The molecule has 0 saturated heterocycles. The van der Waals surface area contributed by atoms with Crippen LogP contribution in [0.2, 0.25) is 0 Å². The maximum Gasteiger partial charge on any atom is 0.317 e. The first kappa shape index (κ1) is 18.0. The van der Waals surface area contributed by atoms with E-state index in [1.165, 1.54) is 0 Å². The summed E-state index contributed by atoms with van der Waals surface area (Å²) in [4.78, 5) is 22.4. The molecule has 8 nitrogen and oxygen atoms in total. The molecule has 0 aromatic carbocycles. The van der Waals surface area contributed by atoms with E-state index in [2.05, 4.69) is 34.3 Å². The SMILES string of the molecule is Cc1nccn1CCN(C)C(=O)NC(C)c1nc(CC(C)C)no1. The largest absolute Gasteiger partial charge is 0.337 e. The molecule has 0 aliphatic heterocycles. The Balaban J connectivity index is 1.84. The zero-order valence-corrected chi connectivity index (χ0v) is 15.0. The van der Waals surface area contributed by atoms with Gasteiger partial charge in [-0.05, 0) is 19.8 Å². The first-order valence-corrected chi connectivity index (χ1v) is 8.18. The maximum atomic E-state index is 12.3. The molecule has 2 amide bonds. The molecule has 1 N–H and O–H groups in total. The summed E-state index contributed by atoms with van der Waals surface area (Å²) in [5, 5.41) is 6.82. The average Bonchev–Trinajstić information content (AvgIpc) is 3.13. The summed E-state index contributed by atoms with van der Waals surface area (Å²) in [6.45, 7) is 9.24. The maximum absolute atomic E-state index is 12.3. The van der Waals surface area contributed by atoms with Crippen LogP contribution >= 0.6 is 0 Å². The quantitative estimate of drug-likeness (QED) is 0.838. The number of likely N-dealkylation sites (N-methyl/N-ethyl adjacent to an activating group) is 1. The van der Waals surface area contributed by atoms with Crippen LogP contribution in [0.1, 0.15) is 44.4 Å². The van der Waals surface area contributed by atoms with E-state index in [1.54, 1.807) is 18.1 Å². The van der Waals surface area contributed by atoms with E-state index in [9.17, 15) is 4.79 Å². The van der Waals surface area contributed by atoms with Gasteiger partial charge in [-0.3, -0.25) is 0 Å². The van der Waals surface area contributed by atoms with Gasteiger partial charge >= 0.3 is 6.03 Å². The van der Waals surface area contributed by atoms with Gasteiger partial charge in [0.25, 0.3) is 0 Å². The van der Waals surface area contributed by atoms with Crippen molar-refractivity contribution in [2.24, 2.45) is 5.92 Å². The van der Waals surface area contributed by atoms with Gasteiger partial charge in [-0.25, -0.2) is 9.78 Å². The fourth-order valence-corrected chi connectivity index (χ4v) is 2.25. The first-order valence-electron chi connectivity index (χ1n) is 8.18. The Hall–Kier alpha value is -2.38. The Bertz CT molecular complexity index is 663. The highest BCUT2D eigenvalue weighted by molar-refractivity contribution is 5.74. The lowest BCUT2D eigenvalue weighted by Crippen LogP contribution is -2.40. The van der Waals surface area contributed by atoms with Gasteiger partial charge in [0, 0.05) is 39.0 Å². The number of rotatable bonds is 7. The van der Waals surface area contributed by atoms with Crippen LogP contribution in [-0.4, -0.2) is 44.2 Å². The third-order valence-corrected chi connectivity index (χ3v) is 3.73. The summed E-state index contributed by atoms with van der Waals surface area (Å²) in [6.07, 6.45) is 4.41. The molecular weight excluding hydrogens is 308 g/mol. The van der Waals surface area contributed by atoms with E-state index in [1.807, 2.05) is 24.6 Å². The number of imidazole rings is 1. The van der Waals surface area contributed by atoms with Crippen molar-refractivity contribution in [3.05, 3.63) is 29.9 Å². The van der Waals surface area contributed by atoms with Crippen molar-refractivity contribution in [3.63, 3.8) is 0 Å². The minimum atomic E-state index is -0.330. The summed E-state index contributed by atoms with van der Waals surface area (Å²) in [5.41, 5.74) is 0. The number of hydrogen-bond acceptors (Lipinski definition) is 5. The van der Waals surface area contributed by atoms with E-state index in [-0.39, 0.29) is 12.1 Å². The molecular formula is C16H26N6O2.